The van der Waals surface area contributed by atoms with Gasteiger partial charge in [0.05, 0.1) is 29.2 Å². The molecule has 9 heteroatoms. The topological polar surface area (TPSA) is 57.9 Å². The van der Waals surface area contributed by atoms with E-state index < -0.39 is 0 Å². The average Bonchev–Trinajstić information content (AvgIpc) is 3.51. The van der Waals surface area contributed by atoms with Gasteiger partial charge in [0, 0.05) is 17.0 Å². The van der Waals surface area contributed by atoms with Crippen LogP contribution in [0.15, 0.2) is 93.7 Å². The molecule has 37 heavy (non-hydrogen) atoms. The number of anilines is 2. The Hall–Kier alpha value is -3.59. The van der Waals surface area contributed by atoms with Crippen molar-refractivity contribution in [2.24, 2.45) is 5.10 Å². The molecule has 1 amide bonds. The van der Waals surface area contributed by atoms with Crippen LogP contribution in [0.2, 0.25) is 5.02 Å². The summed E-state index contributed by atoms with van der Waals surface area (Å²) in [6, 6.07) is 24.8. The maximum Gasteiger partial charge on any atom is 0.283 e. The van der Waals surface area contributed by atoms with E-state index in [0.717, 1.165) is 21.2 Å². The Kier molecular flexibility index (Phi) is 6.03. The van der Waals surface area contributed by atoms with Gasteiger partial charge in [-0.2, -0.15) is 10.1 Å². The third-order valence-corrected chi connectivity index (χ3v) is 9.08. The molecule has 0 bridgehead atoms. The Balaban J connectivity index is 1.59. The zero-order chi connectivity index (χ0) is 25.7. The van der Waals surface area contributed by atoms with Gasteiger partial charge in [-0.25, -0.2) is 0 Å². The van der Waals surface area contributed by atoms with Gasteiger partial charge in [0.25, 0.3) is 11.5 Å². The van der Waals surface area contributed by atoms with E-state index >= 15 is 0 Å². The normalized spacial score (nSPS) is 17.9. The van der Waals surface area contributed by atoms with Gasteiger partial charge >= 0.3 is 0 Å². The minimum atomic E-state index is -0.245. The summed E-state index contributed by atoms with van der Waals surface area (Å²) < 4.78 is 2.88. The maximum atomic E-state index is 14.0. The van der Waals surface area contributed by atoms with E-state index in [-0.39, 0.29) is 11.5 Å². The highest BCUT2D eigenvalue weighted by molar-refractivity contribution is 8.08. The predicted octanol–water partition coefficient (Wildman–Crippen LogP) is 4.49. The van der Waals surface area contributed by atoms with Crippen LogP contribution in [0.3, 0.4) is 0 Å². The smallest absolute Gasteiger partial charge is 0.283 e. The molecule has 0 radical (unpaired) electrons. The molecule has 2 aliphatic heterocycles. The Bertz CT molecular complexity index is 1760. The van der Waals surface area contributed by atoms with Crippen LogP contribution in [-0.2, 0) is 11.3 Å². The molecule has 2 aliphatic rings. The molecule has 0 atom stereocenters. The Labute approximate surface area is 226 Å². The number of amides is 1. The van der Waals surface area contributed by atoms with E-state index in [1.54, 1.807) is 4.57 Å². The minimum Gasteiger partial charge on any atom is -0.337 e. The number of hydrazone groups is 1. The lowest BCUT2D eigenvalue weighted by molar-refractivity contribution is -0.112. The quantitative estimate of drug-likeness (QED) is 0.381. The van der Waals surface area contributed by atoms with Gasteiger partial charge in [-0.05, 0) is 42.8 Å². The first kappa shape index (κ1) is 23.8. The van der Waals surface area contributed by atoms with Crippen LogP contribution in [0.4, 0.5) is 11.4 Å². The lowest BCUT2D eigenvalue weighted by Gasteiger charge is -2.12. The van der Waals surface area contributed by atoms with Gasteiger partial charge in [0.1, 0.15) is 14.2 Å². The number of nitrogens with zero attached hydrogens (tertiary/aromatic N) is 4. The SMILES string of the molecule is CC1=NN(c2ccccc2)C(=O)C1=c1s/c(=C2\Sc3ccc(Cl)cc3N2C)c(=O)n1Cc1ccccc1. The first-order valence-corrected chi connectivity index (χ1v) is 13.6. The fourth-order valence-corrected chi connectivity index (χ4v) is 7.14. The van der Waals surface area contributed by atoms with Crippen LogP contribution >= 0.6 is 34.7 Å². The predicted molar refractivity (Wildman–Crippen MR) is 153 cm³/mol. The Morgan fingerprint density at radius 1 is 0.946 bits per heavy atom. The highest BCUT2D eigenvalue weighted by Crippen LogP contribution is 2.46. The van der Waals surface area contributed by atoms with Crippen molar-refractivity contribution < 1.29 is 4.79 Å². The summed E-state index contributed by atoms with van der Waals surface area (Å²) in [5.74, 6) is -0.245. The number of benzene rings is 3. The van der Waals surface area contributed by atoms with E-state index in [0.29, 0.717) is 37.7 Å². The summed E-state index contributed by atoms with van der Waals surface area (Å²) in [5, 5.41) is 7.42. The van der Waals surface area contributed by atoms with Crippen molar-refractivity contribution in [2.45, 2.75) is 18.4 Å². The molecule has 184 valence electrons. The fraction of sp³-hybridized carbons (Fsp3) is 0.107. The van der Waals surface area contributed by atoms with Gasteiger partial charge < -0.3 is 4.90 Å². The van der Waals surface area contributed by atoms with E-state index in [1.165, 1.54) is 28.1 Å². The van der Waals surface area contributed by atoms with Crippen molar-refractivity contribution in [1.82, 2.24) is 4.57 Å². The van der Waals surface area contributed by atoms with Crippen molar-refractivity contribution in [3.05, 3.63) is 109 Å². The second-order valence-electron chi connectivity index (χ2n) is 8.70. The maximum absolute atomic E-state index is 14.0. The second kappa shape index (κ2) is 9.37. The molecule has 1 aromatic heterocycles. The number of halogens is 1. The first-order chi connectivity index (χ1) is 17.9. The van der Waals surface area contributed by atoms with Crippen LogP contribution in [0.1, 0.15) is 12.5 Å². The highest BCUT2D eigenvalue weighted by Gasteiger charge is 2.32. The molecule has 6 rings (SSSR count). The van der Waals surface area contributed by atoms with Gasteiger partial charge in [-0.1, -0.05) is 71.9 Å². The number of carbonyl (C=O) groups is 1. The molecular weight excluding hydrogens is 524 g/mol. The number of hydrogen-bond donors (Lipinski definition) is 0. The summed E-state index contributed by atoms with van der Waals surface area (Å²) in [6.45, 7) is 2.16. The molecule has 3 aromatic carbocycles. The largest absolute Gasteiger partial charge is 0.337 e. The van der Waals surface area contributed by atoms with Crippen molar-refractivity contribution in [3.63, 3.8) is 0 Å². The van der Waals surface area contributed by atoms with Gasteiger partial charge in [-0.15, -0.1) is 11.3 Å². The molecule has 0 unspecified atom stereocenters. The standard InChI is InChI=1S/C28H21ClN4O2S2/c1-17-23(25(34)33(30-17)20-11-7-4-8-12-20)27-32(16-18-9-5-3-6-10-18)26(35)24(37-27)28-31(2)21-15-19(29)13-14-22(21)36-28/h3-15H,16H2,1-2H3/b27-23?,28-24-. The summed E-state index contributed by atoms with van der Waals surface area (Å²) >= 11 is 9.12. The first-order valence-electron chi connectivity index (χ1n) is 11.6. The third kappa shape index (κ3) is 4.11. The van der Waals surface area contributed by atoms with Crippen LogP contribution in [0.25, 0.3) is 10.6 Å². The zero-order valence-corrected chi connectivity index (χ0v) is 22.4. The summed E-state index contributed by atoms with van der Waals surface area (Å²) in [6.07, 6.45) is 0. The van der Waals surface area contributed by atoms with Crippen molar-refractivity contribution >= 4 is 68.3 Å². The number of carbonyl (C=O) groups excluding carboxylic acids is 1. The number of para-hydroxylation sites is 1. The lowest BCUT2D eigenvalue weighted by atomic mass is 10.2. The van der Waals surface area contributed by atoms with Gasteiger partial charge in [0.15, 0.2) is 0 Å². The molecule has 0 saturated heterocycles. The summed E-state index contributed by atoms with van der Waals surface area (Å²) in [7, 11) is 1.93. The molecule has 0 fully saturated rings. The number of thioether (sulfide) groups is 1. The molecule has 6 nitrogen and oxygen atoms in total. The third-order valence-electron chi connectivity index (χ3n) is 6.29. The molecule has 0 spiro atoms. The van der Waals surface area contributed by atoms with E-state index in [1.807, 2.05) is 97.7 Å². The van der Waals surface area contributed by atoms with Crippen LogP contribution < -0.4 is 24.7 Å². The molecule has 4 aromatic rings. The number of aromatic nitrogens is 1. The number of thiazole rings is 1. The van der Waals surface area contributed by atoms with Crippen LogP contribution in [0, 0.1) is 0 Å². The average molecular weight is 545 g/mol. The zero-order valence-electron chi connectivity index (χ0n) is 20.0. The van der Waals surface area contributed by atoms with Crippen molar-refractivity contribution in [2.75, 3.05) is 17.0 Å². The summed E-state index contributed by atoms with van der Waals surface area (Å²) in [5.41, 5.74) is 3.50. The fourth-order valence-electron chi connectivity index (χ4n) is 4.46. The van der Waals surface area contributed by atoms with Gasteiger partial charge in [0.2, 0.25) is 0 Å². The monoisotopic (exact) mass is 544 g/mol. The number of fused-ring (bicyclic) bond motifs is 1. The van der Waals surface area contributed by atoms with Crippen LogP contribution in [-0.4, -0.2) is 23.2 Å². The lowest BCUT2D eigenvalue weighted by Crippen LogP contribution is -2.36. The molecule has 0 N–H and O–H groups in total. The van der Waals surface area contributed by atoms with Crippen molar-refractivity contribution in [3.8, 4) is 0 Å². The molecular formula is C28H21ClN4O2S2. The van der Waals surface area contributed by atoms with Gasteiger partial charge in [-0.3, -0.25) is 14.2 Å². The van der Waals surface area contributed by atoms with Crippen LogP contribution in [0.5, 0.6) is 0 Å². The molecule has 3 heterocycles. The second-order valence-corrected chi connectivity index (χ2v) is 11.2. The number of hydrogen-bond acceptors (Lipinski definition) is 6. The Morgan fingerprint density at radius 3 is 2.38 bits per heavy atom. The molecule has 0 saturated carbocycles. The van der Waals surface area contributed by atoms with E-state index in [2.05, 4.69) is 5.10 Å². The molecule has 0 aliphatic carbocycles. The Morgan fingerprint density at radius 2 is 1.65 bits per heavy atom. The van der Waals surface area contributed by atoms with Crippen molar-refractivity contribution in [1.29, 1.82) is 0 Å². The van der Waals surface area contributed by atoms with E-state index in [9.17, 15) is 9.59 Å². The van der Waals surface area contributed by atoms with E-state index in [4.69, 9.17) is 11.6 Å². The number of rotatable bonds is 3. The summed E-state index contributed by atoms with van der Waals surface area (Å²) in [4.78, 5) is 30.7. The highest BCUT2D eigenvalue weighted by atomic mass is 35.5. The minimum absolute atomic E-state index is 0.136.